The van der Waals surface area contributed by atoms with Crippen molar-refractivity contribution in [1.29, 1.82) is 0 Å². The van der Waals surface area contributed by atoms with Crippen molar-refractivity contribution in [2.24, 2.45) is 23.2 Å². The average Bonchev–Trinajstić information content (AvgIpc) is 2.53. The number of fused-ring (bicyclic) bond motifs is 2. The van der Waals surface area contributed by atoms with E-state index in [9.17, 15) is 0 Å². The van der Waals surface area contributed by atoms with Gasteiger partial charge in [-0.2, -0.15) is 0 Å². The van der Waals surface area contributed by atoms with Crippen LogP contribution < -0.4 is 10.6 Å². The zero-order valence-electron chi connectivity index (χ0n) is 15.4. The van der Waals surface area contributed by atoms with Crippen molar-refractivity contribution < 1.29 is 0 Å². The topological polar surface area (TPSA) is 24.1 Å². The molecule has 3 saturated carbocycles. The van der Waals surface area contributed by atoms with Crippen LogP contribution in [0.1, 0.15) is 44.7 Å². The summed E-state index contributed by atoms with van der Waals surface area (Å²) in [5, 5.41) is 7.41. The van der Waals surface area contributed by atoms with E-state index in [1.54, 1.807) is 0 Å². The fraction of sp³-hybridized carbons (Fsp3) is 0.714. The van der Waals surface area contributed by atoms with Gasteiger partial charge in [0.2, 0.25) is 0 Å². The van der Waals surface area contributed by atoms with E-state index < -0.39 is 0 Å². The van der Waals surface area contributed by atoms with Crippen LogP contribution in [-0.2, 0) is 6.42 Å². The molecule has 0 amide bonds. The minimum atomic E-state index is 0.601. The van der Waals surface area contributed by atoms with E-state index in [1.807, 2.05) is 0 Å². The summed E-state index contributed by atoms with van der Waals surface area (Å²) in [6, 6.07) is 9.44. The maximum atomic E-state index is 3.82. The lowest BCUT2D eigenvalue weighted by atomic mass is 9.45. The first-order chi connectivity index (χ1) is 11.0. The van der Waals surface area contributed by atoms with Crippen molar-refractivity contribution in [3.63, 3.8) is 0 Å². The predicted octanol–water partition coefficient (Wildman–Crippen LogP) is 3.79. The van der Waals surface area contributed by atoms with Crippen LogP contribution in [0.25, 0.3) is 0 Å². The molecule has 4 rings (SSSR count). The fourth-order valence-electron chi connectivity index (χ4n) is 5.00. The van der Waals surface area contributed by atoms with Crippen molar-refractivity contribution in [2.45, 2.75) is 53.0 Å². The van der Waals surface area contributed by atoms with Crippen LogP contribution in [0.3, 0.4) is 0 Å². The molecule has 0 unspecified atom stereocenters. The van der Waals surface area contributed by atoms with E-state index in [0.717, 1.165) is 49.9 Å². The van der Waals surface area contributed by atoms with Crippen molar-refractivity contribution in [3.8, 4) is 0 Å². The van der Waals surface area contributed by atoms with Gasteiger partial charge in [-0.15, -0.1) is 0 Å². The highest BCUT2D eigenvalue weighted by molar-refractivity contribution is 5.25. The van der Waals surface area contributed by atoms with E-state index in [4.69, 9.17) is 0 Å². The average molecular weight is 315 g/mol. The largest absolute Gasteiger partial charge is 0.315 e. The second-order valence-corrected chi connectivity index (χ2v) is 8.44. The summed E-state index contributed by atoms with van der Waals surface area (Å²) in [4.78, 5) is 0. The van der Waals surface area contributed by atoms with Gasteiger partial charge >= 0.3 is 0 Å². The summed E-state index contributed by atoms with van der Waals surface area (Å²) in [5.41, 5.74) is 3.48. The SMILES string of the molecule is Cc1ccccc1CCNCCN[C@@H]1C[C@H]2C[C@@H]([C@H]1C)C2(C)C. The monoisotopic (exact) mass is 314 g/mol. The van der Waals surface area contributed by atoms with Crippen molar-refractivity contribution in [1.82, 2.24) is 10.6 Å². The molecule has 0 radical (unpaired) electrons. The van der Waals surface area contributed by atoms with Gasteiger partial charge in [0, 0.05) is 19.1 Å². The molecule has 0 spiro atoms. The highest BCUT2D eigenvalue weighted by Crippen LogP contribution is 2.61. The summed E-state index contributed by atoms with van der Waals surface area (Å²) < 4.78 is 0. The zero-order valence-corrected chi connectivity index (χ0v) is 15.4. The quantitative estimate of drug-likeness (QED) is 0.748. The molecule has 4 atom stereocenters. The van der Waals surface area contributed by atoms with Crippen LogP contribution in [-0.4, -0.2) is 25.7 Å². The van der Waals surface area contributed by atoms with Gasteiger partial charge in [0.1, 0.15) is 0 Å². The van der Waals surface area contributed by atoms with Crippen LogP contribution >= 0.6 is 0 Å². The van der Waals surface area contributed by atoms with Crippen LogP contribution in [0.4, 0.5) is 0 Å². The highest BCUT2D eigenvalue weighted by Gasteiger charge is 2.55. The number of hydrogen-bond acceptors (Lipinski definition) is 2. The third-order valence-electron chi connectivity index (χ3n) is 6.89. The van der Waals surface area contributed by atoms with Gasteiger partial charge in [-0.3, -0.25) is 0 Å². The number of rotatable bonds is 7. The van der Waals surface area contributed by atoms with Gasteiger partial charge in [0.15, 0.2) is 0 Å². The smallest absolute Gasteiger partial charge is 0.00989 e. The Bertz CT molecular complexity index is 522. The molecule has 0 heterocycles. The lowest BCUT2D eigenvalue weighted by Crippen LogP contribution is -2.60. The Kier molecular flexibility index (Phi) is 5.13. The third kappa shape index (κ3) is 3.49. The lowest BCUT2D eigenvalue weighted by Gasteiger charge is -2.62. The van der Waals surface area contributed by atoms with E-state index in [0.29, 0.717) is 5.41 Å². The van der Waals surface area contributed by atoms with Gasteiger partial charge < -0.3 is 10.6 Å². The second kappa shape index (κ2) is 6.94. The number of aryl methyl sites for hydroxylation is 1. The van der Waals surface area contributed by atoms with Gasteiger partial charge in [0.25, 0.3) is 0 Å². The molecule has 2 nitrogen and oxygen atoms in total. The van der Waals surface area contributed by atoms with E-state index in [-0.39, 0.29) is 0 Å². The van der Waals surface area contributed by atoms with Crippen LogP contribution in [0.15, 0.2) is 24.3 Å². The standard InChI is InChI=1S/C21H34N2/c1-15-7-5-6-8-17(15)9-10-22-11-12-23-20-14-18-13-19(16(20)2)21(18,3)4/h5-8,16,18-20,22-23H,9-14H2,1-4H3/t16-,18-,19+,20-/m1/s1. The minimum absolute atomic E-state index is 0.601. The van der Waals surface area contributed by atoms with E-state index in [2.05, 4.69) is 62.6 Å². The molecular formula is C21H34N2. The molecular weight excluding hydrogens is 280 g/mol. The number of hydrogen-bond donors (Lipinski definition) is 2. The Morgan fingerprint density at radius 3 is 2.57 bits per heavy atom. The van der Waals surface area contributed by atoms with Gasteiger partial charge in [-0.1, -0.05) is 45.0 Å². The van der Waals surface area contributed by atoms with Crippen molar-refractivity contribution in [3.05, 3.63) is 35.4 Å². The zero-order chi connectivity index (χ0) is 16.4. The van der Waals surface area contributed by atoms with E-state index >= 15 is 0 Å². The number of benzene rings is 1. The molecule has 2 N–H and O–H groups in total. The normalized spacial score (nSPS) is 31.7. The third-order valence-corrected chi connectivity index (χ3v) is 6.89. The molecule has 3 aliphatic rings. The maximum absolute atomic E-state index is 3.82. The van der Waals surface area contributed by atoms with Crippen molar-refractivity contribution in [2.75, 3.05) is 19.6 Å². The molecule has 2 heteroatoms. The Hall–Kier alpha value is -0.860. The van der Waals surface area contributed by atoms with Gasteiger partial charge in [0.05, 0.1) is 0 Å². The molecule has 0 aliphatic heterocycles. The first-order valence-electron chi connectivity index (χ1n) is 9.48. The first-order valence-corrected chi connectivity index (χ1v) is 9.48. The summed E-state index contributed by atoms with van der Waals surface area (Å²) in [7, 11) is 0. The maximum Gasteiger partial charge on any atom is 0.00989 e. The molecule has 128 valence electrons. The molecule has 1 aromatic rings. The van der Waals surface area contributed by atoms with Crippen molar-refractivity contribution >= 4 is 0 Å². The molecule has 3 fully saturated rings. The Morgan fingerprint density at radius 2 is 1.87 bits per heavy atom. The van der Waals surface area contributed by atoms with Crippen LogP contribution in [0.5, 0.6) is 0 Å². The molecule has 2 bridgehead atoms. The van der Waals surface area contributed by atoms with Crippen LogP contribution in [0, 0.1) is 30.1 Å². The van der Waals surface area contributed by atoms with Gasteiger partial charge in [-0.25, -0.2) is 0 Å². The fourth-order valence-corrected chi connectivity index (χ4v) is 5.00. The predicted molar refractivity (Wildman–Crippen MR) is 98.7 cm³/mol. The summed E-state index contributed by atoms with van der Waals surface area (Å²) in [6.45, 7) is 12.9. The summed E-state index contributed by atoms with van der Waals surface area (Å²) in [6.07, 6.45) is 3.99. The highest BCUT2D eigenvalue weighted by atomic mass is 15.0. The minimum Gasteiger partial charge on any atom is -0.315 e. The van der Waals surface area contributed by atoms with E-state index in [1.165, 1.54) is 24.0 Å². The molecule has 0 saturated heterocycles. The molecule has 3 aliphatic carbocycles. The summed E-state index contributed by atoms with van der Waals surface area (Å²) in [5.74, 6) is 2.73. The Labute approximate surface area is 142 Å². The molecule has 1 aromatic carbocycles. The van der Waals surface area contributed by atoms with Gasteiger partial charge in [-0.05, 0) is 67.0 Å². The van der Waals surface area contributed by atoms with Crippen LogP contribution in [0.2, 0.25) is 0 Å². The lowest BCUT2D eigenvalue weighted by molar-refractivity contribution is -0.114. The Morgan fingerprint density at radius 1 is 1.09 bits per heavy atom. The number of nitrogens with one attached hydrogen (secondary N) is 2. The Balaban J connectivity index is 1.31. The second-order valence-electron chi connectivity index (χ2n) is 8.44. The summed E-state index contributed by atoms with van der Waals surface area (Å²) >= 11 is 0. The first kappa shape index (κ1) is 17.0. The molecule has 0 aromatic heterocycles. The molecule has 23 heavy (non-hydrogen) atoms.